The number of hydrogen-bond acceptors (Lipinski definition) is 3. The Balaban J connectivity index is 1.37. The number of amides is 2. The van der Waals surface area contributed by atoms with Crippen molar-refractivity contribution < 1.29 is 14.3 Å². The molecule has 5 nitrogen and oxygen atoms in total. The van der Waals surface area contributed by atoms with Gasteiger partial charge in [-0.1, -0.05) is 60.2 Å². The molecule has 0 spiro atoms. The summed E-state index contributed by atoms with van der Waals surface area (Å²) in [4.78, 5) is 25.6. The minimum atomic E-state index is -0.818. The molecule has 32 heavy (non-hydrogen) atoms. The molecule has 4 aliphatic carbocycles. The van der Waals surface area contributed by atoms with Crippen LogP contribution in [-0.4, -0.2) is 24.6 Å². The van der Waals surface area contributed by atoms with Gasteiger partial charge >= 0.3 is 12.0 Å². The smallest absolute Gasteiger partial charge is 0.333 e. The van der Waals surface area contributed by atoms with Crippen LogP contribution in [0.15, 0.2) is 54.6 Å². The number of carbonyl (C=O) groups excluding carboxylic acids is 2. The van der Waals surface area contributed by atoms with Crippen molar-refractivity contribution in [3.05, 3.63) is 71.3 Å². The largest absolute Gasteiger partial charge is 0.467 e. The molecule has 6 rings (SSSR count). The maximum Gasteiger partial charge on any atom is 0.333 e. The van der Waals surface area contributed by atoms with Crippen LogP contribution in [0.5, 0.6) is 0 Å². The van der Waals surface area contributed by atoms with Crippen molar-refractivity contribution in [2.24, 2.45) is 11.8 Å². The van der Waals surface area contributed by atoms with Gasteiger partial charge in [0.2, 0.25) is 0 Å². The molecule has 2 aromatic rings. The first-order valence-corrected chi connectivity index (χ1v) is 11.7. The molecule has 0 unspecified atom stereocenters. The van der Waals surface area contributed by atoms with Crippen LogP contribution in [0.3, 0.4) is 0 Å². The fourth-order valence-corrected chi connectivity index (χ4v) is 7.10. The number of aryl methyl sites for hydroxylation is 1. The van der Waals surface area contributed by atoms with Crippen LogP contribution in [0.1, 0.15) is 61.3 Å². The summed E-state index contributed by atoms with van der Waals surface area (Å²) in [6.07, 6.45) is 6.72. The third-order valence-electron chi connectivity index (χ3n) is 7.95. The van der Waals surface area contributed by atoms with E-state index in [4.69, 9.17) is 4.74 Å². The Kier molecular flexibility index (Phi) is 5.23. The summed E-state index contributed by atoms with van der Waals surface area (Å²) in [5.41, 5.74) is 3.35. The van der Waals surface area contributed by atoms with E-state index in [9.17, 15) is 9.59 Å². The van der Waals surface area contributed by atoms with Crippen LogP contribution < -0.4 is 10.6 Å². The van der Waals surface area contributed by atoms with Crippen molar-refractivity contribution in [3.63, 3.8) is 0 Å². The van der Waals surface area contributed by atoms with E-state index >= 15 is 0 Å². The zero-order chi connectivity index (χ0) is 22.3. The molecule has 2 amide bonds. The highest BCUT2D eigenvalue weighted by atomic mass is 16.5. The molecular formula is C27H32N2O3. The summed E-state index contributed by atoms with van der Waals surface area (Å²) in [5.74, 6) is 0.819. The molecule has 3 atom stereocenters. The molecular weight excluding hydrogens is 400 g/mol. The van der Waals surface area contributed by atoms with Crippen molar-refractivity contribution in [1.29, 1.82) is 0 Å². The van der Waals surface area contributed by atoms with Gasteiger partial charge in [-0.3, -0.25) is 0 Å². The number of benzene rings is 2. The van der Waals surface area contributed by atoms with Gasteiger partial charge in [-0.25, -0.2) is 9.59 Å². The number of hydrogen-bond donors (Lipinski definition) is 2. The second-order valence-electron chi connectivity index (χ2n) is 10.4. The Hall–Kier alpha value is -2.82. The number of rotatable bonds is 5. The standard InChI is InChI=1S/C27H32N2O3/c1-18-8-10-22(11-9-18)26-13-19-12-20(14-26)16-27(15-19,17-26)29-25(31)28-23(24(30)32-2)21-6-4-3-5-7-21/h3-11,19-20,23H,12-17H2,1-2H3,(H2,28,29,31)/t19-,20-,23-,26?,27?/m1/s1. The second kappa shape index (κ2) is 7.95. The average Bonchev–Trinajstić information content (AvgIpc) is 2.76. The van der Waals surface area contributed by atoms with E-state index in [0.29, 0.717) is 11.8 Å². The lowest BCUT2D eigenvalue weighted by molar-refractivity contribution is -0.143. The molecule has 2 aromatic carbocycles. The van der Waals surface area contributed by atoms with Crippen LogP contribution in [-0.2, 0) is 14.9 Å². The van der Waals surface area contributed by atoms with Crippen LogP contribution >= 0.6 is 0 Å². The highest BCUT2D eigenvalue weighted by Crippen LogP contribution is 2.62. The van der Waals surface area contributed by atoms with Gasteiger partial charge in [0.1, 0.15) is 0 Å². The Bertz CT molecular complexity index is 987. The van der Waals surface area contributed by atoms with Gasteiger partial charge in [-0.15, -0.1) is 0 Å². The topological polar surface area (TPSA) is 67.4 Å². The van der Waals surface area contributed by atoms with E-state index in [1.54, 1.807) is 0 Å². The number of methoxy groups -OCH3 is 1. The van der Waals surface area contributed by atoms with Crippen LogP contribution in [0.4, 0.5) is 4.79 Å². The third kappa shape index (κ3) is 3.78. The van der Waals surface area contributed by atoms with Crippen LogP contribution in [0.2, 0.25) is 0 Å². The second-order valence-corrected chi connectivity index (χ2v) is 10.4. The molecule has 4 bridgehead atoms. The lowest BCUT2D eigenvalue weighted by atomic mass is 9.45. The zero-order valence-electron chi connectivity index (χ0n) is 18.9. The minimum Gasteiger partial charge on any atom is -0.467 e. The van der Waals surface area contributed by atoms with Crippen molar-refractivity contribution in [3.8, 4) is 0 Å². The number of urea groups is 1. The first kappa shape index (κ1) is 21.0. The van der Waals surface area contributed by atoms with Crippen LogP contribution in [0, 0.1) is 18.8 Å². The Labute approximate surface area is 189 Å². The van der Waals surface area contributed by atoms with Crippen molar-refractivity contribution in [2.45, 2.75) is 62.4 Å². The fraction of sp³-hybridized carbons (Fsp3) is 0.481. The summed E-state index contributed by atoms with van der Waals surface area (Å²) < 4.78 is 4.96. The summed E-state index contributed by atoms with van der Waals surface area (Å²) >= 11 is 0. The fourth-order valence-electron chi connectivity index (χ4n) is 7.10. The van der Waals surface area contributed by atoms with Crippen molar-refractivity contribution in [1.82, 2.24) is 10.6 Å². The van der Waals surface area contributed by atoms with E-state index in [1.807, 2.05) is 30.3 Å². The Morgan fingerprint density at radius 3 is 2.25 bits per heavy atom. The van der Waals surface area contributed by atoms with Gasteiger partial charge in [-0.05, 0) is 73.8 Å². The number of nitrogens with one attached hydrogen (secondary N) is 2. The monoisotopic (exact) mass is 432 g/mol. The molecule has 168 valence electrons. The van der Waals surface area contributed by atoms with Crippen molar-refractivity contribution >= 4 is 12.0 Å². The Morgan fingerprint density at radius 1 is 0.969 bits per heavy atom. The van der Waals surface area contributed by atoms with Gasteiger partial charge in [0.05, 0.1) is 7.11 Å². The first-order chi connectivity index (χ1) is 15.4. The van der Waals surface area contributed by atoms with Gasteiger partial charge in [0.25, 0.3) is 0 Å². The zero-order valence-corrected chi connectivity index (χ0v) is 18.9. The predicted molar refractivity (Wildman–Crippen MR) is 123 cm³/mol. The van der Waals surface area contributed by atoms with Crippen LogP contribution in [0.25, 0.3) is 0 Å². The lowest BCUT2D eigenvalue weighted by Crippen LogP contribution is -2.65. The highest BCUT2D eigenvalue weighted by Gasteiger charge is 2.58. The minimum absolute atomic E-state index is 0.145. The summed E-state index contributed by atoms with van der Waals surface area (Å²) in [6, 6.07) is 17.2. The Morgan fingerprint density at radius 2 is 1.62 bits per heavy atom. The number of ether oxygens (including phenoxy) is 1. The summed E-state index contributed by atoms with van der Waals surface area (Å²) in [6.45, 7) is 2.13. The molecule has 0 aliphatic heterocycles. The first-order valence-electron chi connectivity index (χ1n) is 11.7. The molecule has 2 N–H and O–H groups in total. The van der Waals surface area contributed by atoms with E-state index in [1.165, 1.54) is 37.5 Å². The maximum absolute atomic E-state index is 13.2. The van der Waals surface area contributed by atoms with Crippen molar-refractivity contribution in [2.75, 3.05) is 7.11 Å². The molecule has 5 heteroatoms. The van der Waals surface area contributed by atoms with Gasteiger partial charge in [-0.2, -0.15) is 0 Å². The van der Waals surface area contributed by atoms with E-state index in [-0.39, 0.29) is 17.0 Å². The quantitative estimate of drug-likeness (QED) is 0.667. The van der Waals surface area contributed by atoms with E-state index < -0.39 is 12.0 Å². The normalized spacial score (nSPS) is 31.1. The highest BCUT2D eigenvalue weighted by molar-refractivity contribution is 5.85. The van der Waals surface area contributed by atoms with E-state index in [0.717, 1.165) is 24.8 Å². The number of esters is 1. The summed E-state index contributed by atoms with van der Waals surface area (Å²) in [7, 11) is 1.35. The molecule has 0 radical (unpaired) electrons. The van der Waals surface area contributed by atoms with Gasteiger partial charge in [0.15, 0.2) is 6.04 Å². The average molecular weight is 433 g/mol. The molecule has 0 heterocycles. The molecule has 4 aliphatic rings. The SMILES string of the molecule is COC(=O)[C@H](NC(=O)NC12C[C@@H]3C[C@@H](C1)CC(c1ccc(C)cc1)(C3)C2)c1ccccc1. The predicted octanol–water partition coefficient (Wildman–Crippen LogP) is 4.80. The third-order valence-corrected chi connectivity index (χ3v) is 7.95. The summed E-state index contributed by atoms with van der Waals surface area (Å²) in [5, 5.41) is 6.25. The maximum atomic E-state index is 13.2. The molecule has 0 saturated heterocycles. The van der Waals surface area contributed by atoms with E-state index in [2.05, 4.69) is 41.8 Å². The molecule has 4 fully saturated rings. The number of carbonyl (C=O) groups is 2. The van der Waals surface area contributed by atoms with Gasteiger partial charge < -0.3 is 15.4 Å². The molecule has 4 saturated carbocycles. The lowest BCUT2D eigenvalue weighted by Gasteiger charge is -2.62. The van der Waals surface area contributed by atoms with Gasteiger partial charge in [0, 0.05) is 5.54 Å². The molecule has 0 aromatic heterocycles.